The van der Waals surface area contributed by atoms with Crippen molar-refractivity contribution in [2.45, 2.75) is 6.54 Å². The lowest BCUT2D eigenvalue weighted by atomic mass is 10.2. The van der Waals surface area contributed by atoms with Gasteiger partial charge >= 0.3 is 0 Å². The second kappa shape index (κ2) is 4.58. The van der Waals surface area contributed by atoms with Gasteiger partial charge in [0, 0.05) is 12.6 Å². The van der Waals surface area contributed by atoms with Crippen LogP contribution >= 0.6 is 15.9 Å². The van der Waals surface area contributed by atoms with E-state index in [1.165, 1.54) is 13.2 Å². The summed E-state index contributed by atoms with van der Waals surface area (Å²) >= 11 is 3.17. The van der Waals surface area contributed by atoms with Crippen LogP contribution in [-0.4, -0.2) is 14.2 Å². The Hall–Kier alpha value is -0.610. The van der Waals surface area contributed by atoms with E-state index < -0.39 is 0 Å². The molecule has 0 unspecified atom stereocenters. The van der Waals surface area contributed by atoms with E-state index in [4.69, 9.17) is 4.74 Å². The highest BCUT2D eigenvalue weighted by Crippen LogP contribution is 2.26. The molecule has 0 aliphatic rings. The van der Waals surface area contributed by atoms with Gasteiger partial charge in [-0.15, -0.1) is 0 Å². The summed E-state index contributed by atoms with van der Waals surface area (Å²) in [5.74, 6) is 0.232. The molecule has 0 aliphatic carbocycles. The molecule has 0 atom stereocenters. The van der Waals surface area contributed by atoms with Crippen LogP contribution < -0.4 is 10.1 Å². The van der Waals surface area contributed by atoms with Crippen LogP contribution in [0.5, 0.6) is 5.75 Å². The Morgan fingerprint density at radius 2 is 2.23 bits per heavy atom. The van der Waals surface area contributed by atoms with Gasteiger partial charge in [0.25, 0.3) is 0 Å². The minimum Gasteiger partial charge on any atom is -0.497 e. The van der Waals surface area contributed by atoms with Crippen molar-refractivity contribution in [3.63, 3.8) is 0 Å². The summed E-state index contributed by atoms with van der Waals surface area (Å²) in [4.78, 5) is 0. The van der Waals surface area contributed by atoms with Crippen LogP contribution in [0.2, 0.25) is 0 Å². The first-order chi connectivity index (χ1) is 6.19. The van der Waals surface area contributed by atoms with Crippen molar-refractivity contribution in [2.24, 2.45) is 0 Å². The van der Waals surface area contributed by atoms with Gasteiger partial charge in [0.1, 0.15) is 11.6 Å². The van der Waals surface area contributed by atoms with Crippen molar-refractivity contribution in [3.05, 3.63) is 28.0 Å². The highest BCUT2D eigenvalue weighted by Gasteiger charge is 2.07. The topological polar surface area (TPSA) is 21.3 Å². The molecule has 0 radical (unpaired) electrons. The summed E-state index contributed by atoms with van der Waals surface area (Å²) in [6, 6.07) is 3.15. The molecule has 0 saturated carbocycles. The molecule has 0 heterocycles. The van der Waals surface area contributed by atoms with E-state index in [1.54, 1.807) is 6.07 Å². The minimum atomic E-state index is -0.301. The van der Waals surface area contributed by atoms with E-state index in [9.17, 15) is 4.39 Å². The molecule has 1 aromatic carbocycles. The zero-order valence-corrected chi connectivity index (χ0v) is 9.11. The van der Waals surface area contributed by atoms with E-state index in [0.29, 0.717) is 16.8 Å². The summed E-state index contributed by atoms with van der Waals surface area (Å²) in [5, 5.41) is 2.95. The molecule has 1 aromatic rings. The summed E-state index contributed by atoms with van der Waals surface area (Å²) < 4.78 is 18.6. The van der Waals surface area contributed by atoms with Crippen molar-refractivity contribution < 1.29 is 9.13 Å². The predicted molar refractivity (Wildman–Crippen MR) is 53.4 cm³/mol. The SMILES string of the molecule is CNCc1cc(OC)cc(F)c1Br. The van der Waals surface area contributed by atoms with Crippen LogP contribution in [0.25, 0.3) is 0 Å². The van der Waals surface area contributed by atoms with Gasteiger partial charge in [-0.25, -0.2) is 4.39 Å². The van der Waals surface area contributed by atoms with Crippen molar-refractivity contribution in [2.75, 3.05) is 14.2 Å². The highest BCUT2D eigenvalue weighted by atomic mass is 79.9. The third-order valence-electron chi connectivity index (χ3n) is 1.68. The van der Waals surface area contributed by atoms with Gasteiger partial charge in [-0.05, 0) is 34.6 Å². The van der Waals surface area contributed by atoms with Crippen LogP contribution in [0, 0.1) is 5.82 Å². The molecule has 0 aliphatic heterocycles. The van der Waals surface area contributed by atoms with Gasteiger partial charge in [0.15, 0.2) is 0 Å². The number of hydrogen-bond donors (Lipinski definition) is 1. The standard InChI is InChI=1S/C9H11BrFNO/c1-12-5-6-3-7(13-2)4-8(11)9(6)10/h3-4,12H,5H2,1-2H3. The Morgan fingerprint density at radius 3 is 2.77 bits per heavy atom. The summed E-state index contributed by atoms with van der Waals surface area (Å²) in [5.41, 5.74) is 0.847. The Bertz CT molecular complexity index is 304. The summed E-state index contributed by atoms with van der Waals surface area (Å²) in [7, 11) is 3.33. The van der Waals surface area contributed by atoms with Crippen LogP contribution in [0.15, 0.2) is 16.6 Å². The largest absolute Gasteiger partial charge is 0.497 e. The number of rotatable bonds is 3. The zero-order chi connectivity index (χ0) is 9.84. The third-order valence-corrected chi connectivity index (χ3v) is 2.57. The Labute approximate surface area is 85.2 Å². The van der Waals surface area contributed by atoms with Crippen molar-refractivity contribution in [1.82, 2.24) is 5.32 Å². The Kier molecular flexibility index (Phi) is 3.69. The lowest BCUT2D eigenvalue weighted by Gasteiger charge is -2.07. The quantitative estimate of drug-likeness (QED) is 0.886. The maximum absolute atomic E-state index is 13.2. The second-order valence-electron chi connectivity index (χ2n) is 2.61. The maximum atomic E-state index is 13.2. The van der Waals surface area contributed by atoms with Crippen LogP contribution in [0.4, 0.5) is 4.39 Å². The van der Waals surface area contributed by atoms with Crippen molar-refractivity contribution in [3.8, 4) is 5.75 Å². The fourth-order valence-electron chi connectivity index (χ4n) is 1.06. The fourth-order valence-corrected chi connectivity index (χ4v) is 1.42. The van der Waals surface area contributed by atoms with E-state index in [-0.39, 0.29) is 5.82 Å². The first-order valence-electron chi connectivity index (χ1n) is 3.85. The van der Waals surface area contributed by atoms with Crippen LogP contribution in [0.1, 0.15) is 5.56 Å². The Balaban J connectivity index is 3.09. The van der Waals surface area contributed by atoms with Crippen molar-refractivity contribution >= 4 is 15.9 Å². The molecule has 0 spiro atoms. The average Bonchev–Trinajstić information content (AvgIpc) is 2.13. The van der Waals surface area contributed by atoms with Gasteiger partial charge in [0.05, 0.1) is 11.6 Å². The monoisotopic (exact) mass is 247 g/mol. The van der Waals surface area contributed by atoms with Gasteiger partial charge in [0.2, 0.25) is 0 Å². The molecule has 0 saturated heterocycles. The van der Waals surface area contributed by atoms with Crippen molar-refractivity contribution in [1.29, 1.82) is 0 Å². The van der Waals surface area contributed by atoms with E-state index >= 15 is 0 Å². The molecule has 0 aromatic heterocycles. The van der Waals surface area contributed by atoms with Crippen LogP contribution in [-0.2, 0) is 6.54 Å². The number of methoxy groups -OCH3 is 1. The number of hydrogen-bond acceptors (Lipinski definition) is 2. The first kappa shape index (κ1) is 10.5. The second-order valence-corrected chi connectivity index (χ2v) is 3.41. The minimum absolute atomic E-state index is 0.301. The van der Waals surface area contributed by atoms with E-state index in [2.05, 4.69) is 21.2 Å². The fraction of sp³-hybridized carbons (Fsp3) is 0.333. The Morgan fingerprint density at radius 1 is 1.54 bits per heavy atom. The van der Waals surface area contributed by atoms with E-state index in [1.807, 2.05) is 7.05 Å². The van der Waals surface area contributed by atoms with Crippen LogP contribution in [0.3, 0.4) is 0 Å². The number of halogens is 2. The number of benzene rings is 1. The normalized spacial score (nSPS) is 10.2. The van der Waals surface area contributed by atoms with Gasteiger partial charge in [-0.2, -0.15) is 0 Å². The predicted octanol–water partition coefficient (Wildman–Crippen LogP) is 2.32. The highest BCUT2D eigenvalue weighted by molar-refractivity contribution is 9.10. The molecule has 2 nitrogen and oxygen atoms in total. The molecular formula is C9H11BrFNO. The van der Waals surface area contributed by atoms with Gasteiger partial charge < -0.3 is 10.1 Å². The number of nitrogens with one attached hydrogen (secondary N) is 1. The zero-order valence-electron chi connectivity index (χ0n) is 7.53. The lowest BCUT2D eigenvalue weighted by Crippen LogP contribution is -2.06. The molecule has 1 rings (SSSR count). The molecule has 13 heavy (non-hydrogen) atoms. The maximum Gasteiger partial charge on any atom is 0.141 e. The smallest absolute Gasteiger partial charge is 0.141 e. The lowest BCUT2D eigenvalue weighted by molar-refractivity contribution is 0.410. The molecule has 0 bridgehead atoms. The van der Waals surface area contributed by atoms with Gasteiger partial charge in [-0.3, -0.25) is 0 Å². The molecule has 72 valence electrons. The molecule has 0 amide bonds. The van der Waals surface area contributed by atoms with E-state index in [0.717, 1.165) is 5.56 Å². The van der Waals surface area contributed by atoms with Gasteiger partial charge in [-0.1, -0.05) is 0 Å². The molecular weight excluding hydrogens is 237 g/mol. The number of ether oxygens (including phenoxy) is 1. The third kappa shape index (κ3) is 2.42. The molecule has 4 heteroatoms. The average molecular weight is 248 g/mol. The summed E-state index contributed by atoms with van der Waals surface area (Å²) in [6.45, 7) is 0.606. The summed E-state index contributed by atoms with van der Waals surface area (Å²) in [6.07, 6.45) is 0. The molecule has 1 N–H and O–H groups in total. The first-order valence-corrected chi connectivity index (χ1v) is 4.65. The molecule has 0 fully saturated rings.